The molecule has 0 aliphatic heterocycles. The molecule has 0 saturated heterocycles. The van der Waals surface area contributed by atoms with Crippen LogP contribution in [0.3, 0.4) is 0 Å². The van der Waals surface area contributed by atoms with Crippen LogP contribution >= 0.6 is 0 Å². The Morgan fingerprint density at radius 2 is 1.75 bits per heavy atom. The number of carbonyl (C=O) groups excluding carboxylic acids is 2. The van der Waals surface area contributed by atoms with Gasteiger partial charge in [0.25, 0.3) is 5.66 Å². The molecule has 0 spiro atoms. The highest BCUT2D eigenvalue weighted by Crippen LogP contribution is 2.30. The van der Waals surface area contributed by atoms with Gasteiger partial charge in [0.05, 0.1) is 6.61 Å². The van der Waals surface area contributed by atoms with E-state index >= 15 is 0 Å². The van der Waals surface area contributed by atoms with Gasteiger partial charge >= 0.3 is 12.1 Å². The fourth-order valence-electron chi connectivity index (χ4n) is 1.59. The van der Waals surface area contributed by atoms with Crippen molar-refractivity contribution in [2.45, 2.75) is 58.4 Å². The lowest BCUT2D eigenvalue weighted by atomic mass is 10.1. The zero-order valence-electron chi connectivity index (χ0n) is 12.1. The zero-order chi connectivity index (χ0) is 16.0. The van der Waals surface area contributed by atoms with Crippen molar-refractivity contribution in [1.82, 2.24) is 10.6 Å². The van der Waals surface area contributed by atoms with Crippen molar-refractivity contribution in [3.05, 3.63) is 0 Å². The lowest BCUT2D eigenvalue weighted by molar-refractivity contribution is -0.223. The molecule has 8 heteroatoms. The summed E-state index contributed by atoms with van der Waals surface area (Å²) in [5.74, 6) is -2.43. The number of halogens is 3. The molecule has 0 saturated carbocycles. The lowest BCUT2D eigenvalue weighted by Crippen LogP contribution is -2.73. The second kappa shape index (κ2) is 7.47. The summed E-state index contributed by atoms with van der Waals surface area (Å²) < 4.78 is 44.5. The molecule has 0 radical (unpaired) electrons. The average Bonchev–Trinajstić information content (AvgIpc) is 2.26. The first-order valence-corrected chi connectivity index (χ1v) is 6.43. The minimum Gasteiger partial charge on any atom is -0.463 e. The maximum absolute atomic E-state index is 13.3. The second-order valence-corrected chi connectivity index (χ2v) is 4.57. The number of hydrogen-bond acceptors (Lipinski definition) is 4. The summed E-state index contributed by atoms with van der Waals surface area (Å²) in [4.78, 5) is 23.3. The highest BCUT2D eigenvalue weighted by Gasteiger charge is 2.63. The summed E-state index contributed by atoms with van der Waals surface area (Å²) in [5.41, 5.74) is -3.22. The molecule has 0 aromatic rings. The lowest BCUT2D eigenvalue weighted by Gasteiger charge is -2.36. The Morgan fingerprint density at radius 1 is 1.20 bits per heavy atom. The molecule has 0 rings (SSSR count). The number of hydrogen-bond donors (Lipinski definition) is 2. The van der Waals surface area contributed by atoms with Gasteiger partial charge in [-0.25, -0.2) is 4.79 Å². The van der Waals surface area contributed by atoms with Gasteiger partial charge in [-0.3, -0.25) is 10.1 Å². The van der Waals surface area contributed by atoms with E-state index in [0.717, 1.165) is 0 Å². The normalized spacial score (nSPS) is 14.8. The summed E-state index contributed by atoms with van der Waals surface area (Å²) in [6.07, 6.45) is -4.77. The van der Waals surface area contributed by atoms with E-state index in [1.807, 2.05) is 0 Å². The molecule has 118 valence electrons. The van der Waals surface area contributed by atoms with E-state index in [2.05, 4.69) is 10.1 Å². The fraction of sp³-hybridized carbons (Fsp3) is 0.833. The van der Waals surface area contributed by atoms with Crippen LogP contribution in [-0.2, 0) is 14.3 Å². The molecule has 1 amide bonds. The van der Waals surface area contributed by atoms with Gasteiger partial charge in [0.1, 0.15) is 0 Å². The monoisotopic (exact) mass is 298 g/mol. The number of amides is 1. The van der Waals surface area contributed by atoms with Crippen LogP contribution in [0.2, 0.25) is 0 Å². The quantitative estimate of drug-likeness (QED) is 0.555. The van der Waals surface area contributed by atoms with Gasteiger partial charge in [-0.05, 0) is 27.2 Å². The fourth-order valence-corrected chi connectivity index (χ4v) is 1.59. The first kappa shape index (κ1) is 18.7. The first-order valence-electron chi connectivity index (χ1n) is 6.43. The van der Waals surface area contributed by atoms with E-state index in [4.69, 9.17) is 0 Å². The Labute approximate surface area is 116 Å². The number of ether oxygens (including phenoxy) is 1. The van der Waals surface area contributed by atoms with Gasteiger partial charge in [-0.15, -0.1) is 0 Å². The number of carbonyl (C=O) groups is 2. The highest BCUT2D eigenvalue weighted by atomic mass is 19.4. The number of esters is 1. The van der Waals surface area contributed by atoms with Gasteiger partial charge in [-0.1, -0.05) is 6.92 Å². The molecule has 5 nitrogen and oxygen atoms in total. The third-order valence-corrected chi connectivity index (χ3v) is 2.32. The molecule has 1 atom stereocenters. The summed E-state index contributed by atoms with van der Waals surface area (Å²) >= 11 is 0. The summed E-state index contributed by atoms with van der Waals surface area (Å²) in [7, 11) is 0. The Kier molecular flexibility index (Phi) is 6.98. The topological polar surface area (TPSA) is 67.4 Å². The SMILES string of the molecule is CCCC(=O)NC(NC(C)C)(C(=O)OCC)C(F)(F)F. The van der Waals surface area contributed by atoms with Gasteiger partial charge in [0.2, 0.25) is 5.91 Å². The minimum atomic E-state index is -5.02. The predicted octanol–water partition coefficient (Wildman–Crippen LogP) is 1.72. The van der Waals surface area contributed by atoms with Crippen molar-refractivity contribution in [3.63, 3.8) is 0 Å². The standard InChI is InChI=1S/C12H21F3N2O3/c1-5-7-9(18)17-11(12(13,14)15,16-8(3)4)10(19)20-6-2/h8,16H,5-7H2,1-4H3,(H,17,18). The Hall–Kier alpha value is -1.31. The maximum Gasteiger partial charge on any atom is 0.436 e. The van der Waals surface area contributed by atoms with Crippen molar-refractivity contribution in [2.24, 2.45) is 0 Å². The van der Waals surface area contributed by atoms with Gasteiger partial charge in [0, 0.05) is 12.5 Å². The Balaban J connectivity index is 5.54. The second-order valence-electron chi connectivity index (χ2n) is 4.57. The minimum absolute atomic E-state index is 0.114. The smallest absolute Gasteiger partial charge is 0.436 e. The molecule has 0 aromatic carbocycles. The third-order valence-electron chi connectivity index (χ3n) is 2.32. The molecule has 20 heavy (non-hydrogen) atoms. The van der Waals surface area contributed by atoms with Crippen LogP contribution in [-0.4, -0.2) is 36.4 Å². The van der Waals surface area contributed by atoms with E-state index in [1.165, 1.54) is 20.8 Å². The van der Waals surface area contributed by atoms with E-state index in [9.17, 15) is 22.8 Å². The zero-order valence-corrected chi connectivity index (χ0v) is 12.1. The average molecular weight is 298 g/mol. The van der Waals surface area contributed by atoms with E-state index in [1.54, 1.807) is 12.2 Å². The van der Waals surface area contributed by atoms with Crippen molar-refractivity contribution < 1.29 is 27.5 Å². The summed E-state index contributed by atoms with van der Waals surface area (Å²) in [6, 6.07) is -0.692. The van der Waals surface area contributed by atoms with Crippen molar-refractivity contribution in [3.8, 4) is 0 Å². The van der Waals surface area contributed by atoms with Crippen LogP contribution in [0.5, 0.6) is 0 Å². The van der Waals surface area contributed by atoms with E-state index in [0.29, 0.717) is 6.42 Å². The molecular formula is C12H21F3N2O3. The Morgan fingerprint density at radius 3 is 2.10 bits per heavy atom. The molecule has 0 aliphatic carbocycles. The van der Waals surface area contributed by atoms with Crippen LogP contribution in [0.1, 0.15) is 40.5 Å². The molecule has 0 aromatic heterocycles. The third kappa shape index (κ3) is 4.66. The van der Waals surface area contributed by atoms with E-state index in [-0.39, 0.29) is 13.0 Å². The highest BCUT2D eigenvalue weighted by molar-refractivity contribution is 5.88. The van der Waals surface area contributed by atoms with Crippen molar-refractivity contribution in [2.75, 3.05) is 6.61 Å². The molecule has 1 unspecified atom stereocenters. The predicted molar refractivity (Wildman–Crippen MR) is 66.7 cm³/mol. The number of alkyl halides is 3. The molecule has 2 N–H and O–H groups in total. The molecular weight excluding hydrogens is 277 g/mol. The van der Waals surface area contributed by atoms with Gasteiger partial charge in [0.15, 0.2) is 0 Å². The van der Waals surface area contributed by atoms with Crippen molar-refractivity contribution >= 4 is 11.9 Å². The van der Waals surface area contributed by atoms with Crippen LogP contribution in [0, 0.1) is 0 Å². The molecule has 0 bridgehead atoms. The summed E-state index contributed by atoms with van der Waals surface area (Å²) in [6.45, 7) is 5.69. The molecule has 0 fully saturated rings. The number of nitrogens with one attached hydrogen (secondary N) is 2. The maximum atomic E-state index is 13.3. The first-order chi connectivity index (χ1) is 9.10. The van der Waals surface area contributed by atoms with Crippen LogP contribution in [0.15, 0.2) is 0 Å². The van der Waals surface area contributed by atoms with Crippen LogP contribution in [0.4, 0.5) is 13.2 Å². The largest absolute Gasteiger partial charge is 0.463 e. The van der Waals surface area contributed by atoms with Crippen LogP contribution in [0.25, 0.3) is 0 Å². The molecule has 0 aliphatic rings. The molecule has 0 heterocycles. The van der Waals surface area contributed by atoms with E-state index < -0.39 is 29.8 Å². The number of rotatable bonds is 7. The van der Waals surface area contributed by atoms with Gasteiger partial charge < -0.3 is 10.1 Å². The van der Waals surface area contributed by atoms with Crippen LogP contribution < -0.4 is 10.6 Å². The summed E-state index contributed by atoms with van der Waals surface area (Å²) in [5, 5.41) is 3.81. The van der Waals surface area contributed by atoms with Crippen molar-refractivity contribution in [1.29, 1.82) is 0 Å². The van der Waals surface area contributed by atoms with Gasteiger partial charge in [-0.2, -0.15) is 13.2 Å². The Bertz CT molecular complexity index is 345.